The topological polar surface area (TPSA) is 66.9 Å². The van der Waals surface area contributed by atoms with Crippen molar-refractivity contribution in [3.63, 3.8) is 0 Å². The van der Waals surface area contributed by atoms with Crippen LogP contribution in [0.4, 0.5) is 16.6 Å². The van der Waals surface area contributed by atoms with Crippen LogP contribution in [-0.2, 0) is 11.2 Å². The quantitative estimate of drug-likeness (QED) is 0.626. The Morgan fingerprint density at radius 3 is 2.68 bits per heavy atom. The van der Waals surface area contributed by atoms with E-state index in [0.717, 1.165) is 32.9 Å². The molecule has 0 spiro atoms. The third kappa shape index (κ3) is 5.04. The van der Waals surface area contributed by atoms with E-state index in [1.165, 1.54) is 11.3 Å². The molecule has 1 aromatic carbocycles. The first-order chi connectivity index (χ1) is 12.1. The molecule has 2 N–H and O–H groups in total. The number of hydrogen-bond acceptors (Lipinski definition) is 6. The van der Waals surface area contributed by atoms with E-state index in [1.807, 2.05) is 61.0 Å². The summed E-state index contributed by atoms with van der Waals surface area (Å²) in [6.07, 6.45) is 2.26. The number of aryl methyl sites for hydroxylation is 1. The van der Waals surface area contributed by atoms with Crippen molar-refractivity contribution in [1.82, 2.24) is 9.97 Å². The zero-order valence-electron chi connectivity index (χ0n) is 13.9. The first-order valence-electron chi connectivity index (χ1n) is 7.71. The number of carbonyl (C=O) groups is 1. The second-order valence-corrected chi connectivity index (χ2v) is 7.12. The van der Waals surface area contributed by atoms with Gasteiger partial charge in [-0.2, -0.15) is 0 Å². The van der Waals surface area contributed by atoms with Gasteiger partial charge in [0.25, 0.3) is 0 Å². The highest BCUT2D eigenvalue weighted by Gasteiger charge is 2.09. The van der Waals surface area contributed by atoms with Crippen LogP contribution in [0.3, 0.4) is 0 Å². The van der Waals surface area contributed by atoms with Crippen molar-refractivity contribution in [3.8, 4) is 0 Å². The van der Waals surface area contributed by atoms with E-state index < -0.39 is 0 Å². The fourth-order valence-corrected chi connectivity index (χ4v) is 3.34. The standard InChI is InChI=1S/C18H18N4OS2/c1-12-4-3-5-16(19-12)22-18-21-14(11-25-18)10-17(23)20-13-6-8-15(24-2)9-7-13/h3-9,11H,10H2,1-2H3,(H,20,23)(H,19,21,22). The summed E-state index contributed by atoms with van der Waals surface area (Å²) < 4.78 is 0. The van der Waals surface area contributed by atoms with E-state index in [4.69, 9.17) is 0 Å². The van der Waals surface area contributed by atoms with E-state index >= 15 is 0 Å². The highest BCUT2D eigenvalue weighted by molar-refractivity contribution is 7.98. The molecule has 0 aliphatic heterocycles. The van der Waals surface area contributed by atoms with Crippen LogP contribution >= 0.6 is 23.1 Å². The molecule has 0 bridgehead atoms. The Kier molecular flexibility index (Phi) is 5.67. The Morgan fingerprint density at radius 1 is 1.16 bits per heavy atom. The van der Waals surface area contributed by atoms with E-state index in [1.54, 1.807) is 11.8 Å². The number of amides is 1. The molecule has 25 heavy (non-hydrogen) atoms. The summed E-state index contributed by atoms with van der Waals surface area (Å²) in [5.41, 5.74) is 2.47. The molecular weight excluding hydrogens is 352 g/mol. The third-order valence-corrected chi connectivity index (χ3v) is 4.94. The van der Waals surface area contributed by atoms with Crippen molar-refractivity contribution < 1.29 is 4.79 Å². The zero-order valence-corrected chi connectivity index (χ0v) is 15.6. The minimum atomic E-state index is -0.0811. The maximum absolute atomic E-state index is 12.2. The zero-order chi connectivity index (χ0) is 17.6. The minimum Gasteiger partial charge on any atom is -0.326 e. The van der Waals surface area contributed by atoms with Gasteiger partial charge < -0.3 is 10.6 Å². The van der Waals surface area contributed by atoms with Gasteiger partial charge in [0.1, 0.15) is 5.82 Å². The monoisotopic (exact) mass is 370 g/mol. The fourth-order valence-electron chi connectivity index (χ4n) is 2.21. The van der Waals surface area contributed by atoms with Gasteiger partial charge in [0.15, 0.2) is 5.13 Å². The molecule has 3 aromatic rings. The molecule has 2 heterocycles. The maximum atomic E-state index is 12.2. The van der Waals surface area contributed by atoms with Gasteiger partial charge in [-0.25, -0.2) is 9.97 Å². The van der Waals surface area contributed by atoms with Gasteiger partial charge in [0, 0.05) is 21.7 Å². The largest absolute Gasteiger partial charge is 0.326 e. The Morgan fingerprint density at radius 2 is 1.96 bits per heavy atom. The lowest BCUT2D eigenvalue weighted by molar-refractivity contribution is -0.115. The molecular formula is C18H18N4OS2. The number of hydrogen-bond donors (Lipinski definition) is 2. The molecule has 0 atom stereocenters. The Labute approximate surface area is 154 Å². The number of rotatable bonds is 6. The average Bonchev–Trinajstić information content (AvgIpc) is 3.02. The van der Waals surface area contributed by atoms with Crippen LogP contribution in [0.2, 0.25) is 0 Å². The SMILES string of the molecule is CSc1ccc(NC(=O)Cc2csc(Nc3cccc(C)n3)n2)cc1. The molecule has 0 fully saturated rings. The highest BCUT2D eigenvalue weighted by Crippen LogP contribution is 2.21. The van der Waals surface area contributed by atoms with Crippen molar-refractivity contribution in [3.05, 3.63) is 59.2 Å². The van der Waals surface area contributed by atoms with Crippen LogP contribution in [-0.4, -0.2) is 22.1 Å². The number of pyridine rings is 1. The number of carbonyl (C=O) groups excluding carboxylic acids is 1. The fraction of sp³-hybridized carbons (Fsp3) is 0.167. The van der Waals surface area contributed by atoms with Crippen LogP contribution in [0.15, 0.2) is 52.7 Å². The van der Waals surface area contributed by atoms with Crippen molar-refractivity contribution in [2.45, 2.75) is 18.2 Å². The van der Waals surface area contributed by atoms with E-state index in [9.17, 15) is 4.79 Å². The summed E-state index contributed by atoms with van der Waals surface area (Å²) >= 11 is 3.13. The lowest BCUT2D eigenvalue weighted by atomic mass is 10.3. The van der Waals surface area contributed by atoms with Gasteiger partial charge in [0.2, 0.25) is 5.91 Å². The van der Waals surface area contributed by atoms with Crippen LogP contribution in [0.1, 0.15) is 11.4 Å². The molecule has 0 radical (unpaired) electrons. The van der Waals surface area contributed by atoms with Crippen molar-refractivity contribution >= 4 is 45.6 Å². The first-order valence-corrected chi connectivity index (χ1v) is 9.82. The number of aromatic nitrogens is 2. The lowest BCUT2D eigenvalue weighted by Crippen LogP contribution is -2.14. The summed E-state index contributed by atoms with van der Waals surface area (Å²) in [7, 11) is 0. The summed E-state index contributed by atoms with van der Waals surface area (Å²) in [5, 5.41) is 8.67. The van der Waals surface area contributed by atoms with Gasteiger partial charge >= 0.3 is 0 Å². The van der Waals surface area contributed by atoms with Crippen LogP contribution in [0, 0.1) is 6.92 Å². The van der Waals surface area contributed by atoms with Gasteiger partial charge in [0.05, 0.1) is 12.1 Å². The number of nitrogens with zero attached hydrogens (tertiary/aromatic N) is 2. The van der Waals surface area contributed by atoms with E-state index in [2.05, 4.69) is 20.6 Å². The number of benzene rings is 1. The minimum absolute atomic E-state index is 0.0811. The number of anilines is 3. The van der Waals surface area contributed by atoms with Gasteiger partial charge in [-0.1, -0.05) is 6.07 Å². The number of nitrogens with one attached hydrogen (secondary N) is 2. The third-order valence-electron chi connectivity index (χ3n) is 3.39. The summed E-state index contributed by atoms with van der Waals surface area (Å²) in [5.74, 6) is 0.668. The number of thioether (sulfide) groups is 1. The van der Waals surface area contributed by atoms with Crippen LogP contribution in [0.5, 0.6) is 0 Å². The van der Waals surface area contributed by atoms with Gasteiger partial charge in [-0.05, 0) is 49.6 Å². The van der Waals surface area contributed by atoms with Gasteiger partial charge in [-0.15, -0.1) is 23.1 Å². The second-order valence-electron chi connectivity index (χ2n) is 5.39. The van der Waals surface area contributed by atoms with E-state index in [-0.39, 0.29) is 12.3 Å². The molecule has 0 saturated carbocycles. The van der Waals surface area contributed by atoms with Crippen molar-refractivity contribution in [2.75, 3.05) is 16.9 Å². The van der Waals surface area contributed by atoms with Crippen LogP contribution in [0.25, 0.3) is 0 Å². The molecule has 3 rings (SSSR count). The van der Waals surface area contributed by atoms with E-state index in [0.29, 0.717) is 0 Å². The first kappa shape index (κ1) is 17.4. The van der Waals surface area contributed by atoms with Crippen molar-refractivity contribution in [2.24, 2.45) is 0 Å². The molecule has 128 valence electrons. The molecule has 0 unspecified atom stereocenters. The predicted octanol–water partition coefficient (Wildman–Crippen LogP) is 4.49. The van der Waals surface area contributed by atoms with Crippen LogP contribution < -0.4 is 10.6 Å². The maximum Gasteiger partial charge on any atom is 0.230 e. The summed E-state index contributed by atoms with van der Waals surface area (Å²) in [6.45, 7) is 1.94. The molecule has 0 aliphatic carbocycles. The Hall–Kier alpha value is -2.38. The lowest BCUT2D eigenvalue weighted by Gasteiger charge is -2.05. The number of thiazole rings is 1. The second kappa shape index (κ2) is 8.13. The molecule has 0 saturated heterocycles. The van der Waals surface area contributed by atoms with Crippen molar-refractivity contribution in [1.29, 1.82) is 0 Å². The Bertz CT molecular complexity index is 862. The molecule has 1 amide bonds. The average molecular weight is 371 g/mol. The Balaban J connectivity index is 1.57. The molecule has 5 nitrogen and oxygen atoms in total. The normalized spacial score (nSPS) is 10.5. The summed E-state index contributed by atoms with van der Waals surface area (Å²) in [4.78, 5) is 22.2. The highest BCUT2D eigenvalue weighted by atomic mass is 32.2. The molecule has 2 aromatic heterocycles. The predicted molar refractivity (Wildman–Crippen MR) is 105 cm³/mol. The molecule has 0 aliphatic rings. The summed E-state index contributed by atoms with van der Waals surface area (Å²) in [6, 6.07) is 13.5. The molecule has 7 heteroatoms. The van der Waals surface area contributed by atoms with Gasteiger partial charge in [-0.3, -0.25) is 4.79 Å². The smallest absolute Gasteiger partial charge is 0.230 e.